The summed E-state index contributed by atoms with van der Waals surface area (Å²) in [4.78, 5) is 152. The topological polar surface area (TPSA) is 367 Å². The van der Waals surface area contributed by atoms with E-state index in [-0.39, 0.29) is 130 Å². The van der Waals surface area contributed by atoms with Gasteiger partial charge < -0.3 is 67.7 Å². The van der Waals surface area contributed by atoms with Crippen molar-refractivity contribution in [3.8, 4) is 11.5 Å². The van der Waals surface area contributed by atoms with Crippen molar-refractivity contribution in [2.24, 2.45) is 53.3 Å². The molecule has 768 valence electrons. The van der Waals surface area contributed by atoms with Gasteiger partial charge in [-0.1, -0.05) is 214 Å². The van der Waals surface area contributed by atoms with E-state index >= 15 is 0 Å². The van der Waals surface area contributed by atoms with E-state index in [2.05, 4.69) is 94.0 Å². The van der Waals surface area contributed by atoms with E-state index in [4.69, 9.17) is 0 Å². The quantitative estimate of drug-likeness (QED) is 0.0127. The molecule has 6 aromatic rings. The Bertz CT molecular complexity index is 4850. The summed E-state index contributed by atoms with van der Waals surface area (Å²) in [6.45, 7) is 46.1. The molecule has 11 N–H and O–H groups in total. The first-order chi connectivity index (χ1) is 65.5. The number of nitrogens with one attached hydrogen (secondary N) is 8. The van der Waals surface area contributed by atoms with Crippen LogP contribution in [0.2, 0.25) is 0 Å². The maximum Gasteiger partial charge on any atom is 0.318 e. The second-order valence-electron chi connectivity index (χ2n) is 41.9. The Labute approximate surface area is 846 Å². The molecular weight excluding hydrogens is 1830 g/mol. The van der Waals surface area contributed by atoms with Crippen molar-refractivity contribution in [1.29, 1.82) is 0 Å². The molecule has 2 saturated heterocycles. The number of hydrogen-bond donors (Lipinski definition) is 11. The first-order valence-electron chi connectivity index (χ1n) is 49.9. The number of aliphatic hydroxyl groups is 1. The molecule has 2 aliphatic heterocycles. The van der Waals surface area contributed by atoms with Crippen LogP contribution in [-0.4, -0.2) is 216 Å². The largest absolute Gasteiger partial charge is 0.508 e. The monoisotopic (exact) mass is 1990 g/mol. The fraction of sp³-hybridized carbons (Fsp3) is 0.596. The molecule has 10 amide bonds. The van der Waals surface area contributed by atoms with E-state index in [0.29, 0.717) is 113 Å². The minimum atomic E-state index is -0.959. The van der Waals surface area contributed by atoms with Crippen LogP contribution < -0.4 is 42.5 Å². The van der Waals surface area contributed by atoms with Gasteiger partial charge in [0.1, 0.15) is 35.4 Å². The van der Waals surface area contributed by atoms with Gasteiger partial charge in [0, 0.05) is 130 Å². The maximum absolute atomic E-state index is 13.2. The van der Waals surface area contributed by atoms with Crippen LogP contribution in [0.4, 0.5) is 4.79 Å². The van der Waals surface area contributed by atoms with Gasteiger partial charge in [0.25, 0.3) is 11.8 Å². The Hall–Kier alpha value is -9.33. The van der Waals surface area contributed by atoms with Crippen LogP contribution in [0.1, 0.15) is 270 Å². The SMILES string of the molecule is CC(C)C(=O)CN1C[C@H]2CCCC[C@H]2C[C@H]1C(=O)NC(C)(C)C.CC(C)C(=O)[C@H](Cc1ccccc1)NC(=O)[C@@H](NC(=O)N(C)Cc1csc(C(C)C)n1)C(C)C.CC(C)CC(=O)N1C[C@H]2CCCC[C@H]2C[C@H]1C(=O)NC(C)(C)C.Cc1c(O)cccc1C(=O)N[C@@H](CSc1ccccc1)C(=O)NCCSC(C)C.Cc1c(O)cccc1C(=O)N[C@@H](CSc1ccccc1)C(O)CNC(=O)CC(C)C. The Morgan fingerprint density at radius 2 is 1.04 bits per heavy atom. The van der Waals surface area contributed by atoms with Crippen molar-refractivity contribution in [1.82, 2.24) is 62.2 Å². The summed E-state index contributed by atoms with van der Waals surface area (Å²) in [5.41, 5.74) is 2.99. The number of urea groups is 1. The number of Topliss-reactive ketones (excluding diaryl/α,β-unsaturated/α-hetero) is 2. The fourth-order valence-corrected chi connectivity index (χ4v) is 20.5. The van der Waals surface area contributed by atoms with Crippen LogP contribution in [0.15, 0.2) is 143 Å². The third-order valence-corrected chi connectivity index (χ3v) is 29.3. The summed E-state index contributed by atoms with van der Waals surface area (Å²) in [5, 5.41) is 57.2. The average molecular weight is 1990 g/mol. The normalized spacial score (nSPS) is 18.0. The number of phenolic OH excluding ortho intramolecular Hbond substituents is 2. The van der Waals surface area contributed by atoms with Crippen molar-refractivity contribution in [3.05, 3.63) is 171 Å². The molecule has 30 heteroatoms. The van der Waals surface area contributed by atoms with E-state index in [0.717, 1.165) is 57.7 Å². The summed E-state index contributed by atoms with van der Waals surface area (Å²) in [5.74, 6) is 3.88. The maximum atomic E-state index is 13.2. The number of fused-ring (bicyclic) bond motifs is 2. The third-order valence-electron chi connectivity index (χ3n) is 24.7. The lowest BCUT2D eigenvalue weighted by molar-refractivity contribution is -0.147. The van der Waals surface area contributed by atoms with E-state index in [1.165, 1.54) is 91.9 Å². The molecule has 1 unspecified atom stereocenters. The molecule has 11 atom stereocenters. The summed E-state index contributed by atoms with van der Waals surface area (Å²) in [6, 6.07) is 35.1. The number of amides is 10. The molecule has 2 aliphatic carbocycles. The highest BCUT2D eigenvalue weighted by Crippen LogP contribution is 2.41. The predicted octanol–water partition coefficient (Wildman–Crippen LogP) is 17.7. The molecule has 1 aromatic heterocycles. The summed E-state index contributed by atoms with van der Waals surface area (Å²) in [6.07, 6.45) is 12.2. The third kappa shape index (κ3) is 42.0. The number of benzene rings is 5. The summed E-state index contributed by atoms with van der Waals surface area (Å²) < 4.78 is 0. The summed E-state index contributed by atoms with van der Waals surface area (Å²) >= 11 is 6.38. The van der Waals surface area contributed by atoms with Crippen molar-refractivity contribution in [2.75, 3.05) is 57.0 Å². The molecule has 10 rings (SSSR count). The highest BCUT2D eigenvalue weighted by Gasteiger charge is 2.44. The number of hydrogen-bond acceptors (Lipinski definition) is 20. The molecule has 4 aliphatic rings. The van der Waals surface area contributed by atoms with Gasteiger partial charge in [-0.05, 0) is 188 Å². The van der Waals surface area contributed by atoms with Gasteiger partial charge in [-0.2, -0.15) is 11.8 Å². The lowest BCUT2D eigenvalue weighted by atomic mass is 9.72. The van der Waals surface area contributed by atoms with Gasteiger partial charge in [-0.15, -0.1) is 34.9 Å². The van der Waals surface area contributed by atoms with Crippen LogP contribution in [0.25, 0.3) is 0 Å². The van der Waals surface area contributed by atoms with Gasteiger partial charge in [0.2, 0.25) is 35.4 Å². The van der Waals surface area contributed by atoms with E-state index in [1.54, 1.807) is 68.3 Å². The van der Waals surface area contributed by atoms with Crippen molar-refractivity contribution in [3.63, 3.8) is 0 Å². The first-order valence-corrected chi connectivity index (χ1v) is 53.8. The highest BCUT2D eigenvalue weighted by atomic mass is 32.2. The zero-order valence-electron chi connectivity index (χ0n) is 86.9. The van der Waals surface area contributed by atoms with Crippen molar-refractivity contribution >= 4 is 111 Å². The second kappa shape index (κ2) is 58.9. The number of rotatable bonds is 38. The number of thiazole rings is 1. The highest BCUT2D eigenvalue weighted by molar-refractivity contribution is 8.00. The number of piperidine rings is 2. The molecule has 5 aromatic carbocycles. The number of carbonyl (C=O) groups is 11. The van der Waals surface area contributed by atoms with Crippen molar-refractivity contribution in [2.45, 2.75) is 317 Å². The lowest BCUT2D eigenvalue weighted by Crippen LogP contribution is -2.59. The molecule has 26 nitrogen and oxygen atoms in total. The van der Waals surface area contributed by atoms with Gasteiger partial charge in [-0.3, -0.25) is 52.8 Å². The smallest absolute Gasteiger partial charge is 0.318 e. The van der Waals surface area contributed by atoms with Crippen LogP contribution in [-0.2, 0) is 51.3 Å². The number of aromatic nitrogens is 1. The second-order valence-corrected chi connectivity index (χ2v) is 46.6. The van der Waals surface area contributed by atoms with Gasteiger partial charge in [0.15, 0.2) is 5.78 Å². The molecule has 139 heavy (non-hydrogen) atoms. The molecule has 3 heterocycles. The zero-order chi connectivity index (χ0) is 103. The molecular formula is C109H164N12O14S4. The Balaban J connectivity index is 0.000000268. The lowest BCUT2D eigenvalue weighted by Gasteiger charge is -2.46. The van der Waals surface area contributed by atoms with Gasteiger partial charge in [0.05, 0.1) is 48.0 Å². The van der Waals surface area contributed by atoms with Crippen molar-refractivity contribution < 1.29 is 68.1 Å². The molecule has 0 radical (unpaired) electrons. The van der Waals surface area contributed by atoms with Crippen LogP contribution in [0.3, 0.4) is 0 Å². The number of thioether (sulfide) groups is 3. The van der Waals surface area contributed by atoms with E-state index in [9.17, 15) is 68.1 Å². The Morgan fingerprint density at radius 3 is 1.53 bits per heavy atom. The zero-order valence-corrected chi connectivity index (χ0v) is 90.2. The van der Waals surface area contributed by atoms with E-state index < -0.39 is 30.3 Å². The van der Waals surface area contributed by atoms with Crippen LogP contribution in [0.5, 0.6) is 11.5 Å². The van der Waals surface area contributed by atoms with Crippen LogP contribution in [0, 0.1) is 67.1 Å². The predicted molar refractivity (Wildman–Crippen MR) is 564 cm³/mol. The number of aliphatic hydroxyl groups excluding tert-OH is 1. The molecule has 0 bridgehead atoms. The van der Waals surface area contributed by atoms with E-state index in [1.807, 2.05) is 198 Å². The Kier molecular flexibility index (Phi) is 50.2. The number of carbonyl (C=O) groups excluding carboxylic acids is 11. The van der Waals surface area contributed by atoms with Crippen LogP contribution >= 0.6 is 46.6 Å². The minimum Gasteiger partial charge on any atom is -0.508 e. The molecule has 2 saturated carbocycles. The number of likely N-dealkylation sites (tertiary alicyclic amines) is 2. The fourth-order valence-electron chi connectivity index (χ4n) is 17.0. The number of nitrogens with zero attached hydrogens (tertiary/aromatic N) is 4. The number of phenols is 2. The standard InChI is InChI=1S/C26H38N4O3S.C23H30N2O4S.C22H28N2O3S2.2C19H34N2O2/c1-16(2)22(29-26(33)30(7)14-20-15-34-25(27-20)18(5)6)24(32)28-21(23(31)17(3)4)13-19-11-9-8-10-12-19;1-15(2)12-22(28)24-13-21(27)19(14-30-17-8-5-4-6-9-17)25-23(29)18-10-7-11-20(26)16(18)3;1-15(2)28-13-12-23-22(27)19(14-29-17-8-5-4-6-9-17)24-21(26)18-10-7-11-20(25)16(18)3;1-13(2)17(22)12-21-11-15-9-7-6-8-14(15)10-16(21)18(23)20-19(3,4)5;1-13(2)10-17(22)21-12-15-9-7-6-8-14(15)11-16(21)18(23)20-19(3,4)5/h8-12,15-18,21-22H,13-14H2,1-7H3,(H,28,32)(H,29,33);4-11,15,19,21,26-27H,12-14H2,1-3H3,(H,24,28)(H,25,29);4-11,15,19,25H,12-14H2,1-3H3,(H,23,27)(H,24,26);2*13-16H,6-12H2,1-5H3,(H,20,23)/t21-,22-;19-,21?;19-;2*14-,15+,16-/m00000/s1. The van der Waals surface area contributed by atoms with Gasteiger partial charge >= 0.3 is 6.03 Å². The molecule has 4 fully saturated rings. The van der Waals surface area contributed by atoms with Gasteiger partial charge in [-0.25, -0.2) is 9.78 Å². The first kappa shape index (κ1) is 118. The number of ketones is 2. The molecule has 0 spiro atoms. The Morgan fingerprint density at radius 1 is 0.547 bits per heavy atom. The average Bonchev–Trinajstić information content (AvgIpc) is 1.10. The number of aromatic hydroxyl groups is 2. The summed E-state index contributed by atoms with van der Waals surface area (Å²) in [7, 11) is 1.68. The minimum absolute atomic E-state index is 0.0265.